The molecule has 0 saturated carbocycles. The van der Waals surface area contributed by atoms with Crippen molar-refractivity contribution in [3.63, 3.8) is 0 Å². The number of nitrogens with one attached hydrogen (secondary N) is 1. The Labute approximate surface area is 122 Å². The molecule has 2 aromatic rings. The predicted molar refractivity (Wildman–Crippen MR) is 77.8 cm³/mol. The van der Waals surface area contributed by atoms with Gasteiger partial charge in [-0.15, -0.1) is 0 Å². The number of aryl methyl sites for hydroxylation is 2. The maximum absolute atomic E-state index is 13.3. The normalized spacial score (nSPS) is 11.0. The van der Waals surface area contributed by atoms with Crippen LogP contribution in [0.5, 0.6) is 0 Å². The zero-order valence-electron chi connectivity index (χ0n) is 11.5. The summed E-state index contributed by atoms with van der Waals surface area (Å²) in [4.78, 5) is 0.0286. The van der Waals surface area contributed by atoms with Crippen molar-refractivity contribution in [2.24, 2.45) is 0 Å². The summed E-state index contributed by atoms with van der Waals surface area (Å²) in [5.41, 5.74) is 1.75. The highest BCUT2D eigenvalue weighted by atomic mass is 32.2. The molecule has 2 aromatic carbocycles. The third-order valence-corrected chi connectivity index (χ3v) is 4.30. The largest absolute Gasteiger partial charge is 0.280 e. The van der Waals surface area contributed by atoms with Crippen LogP contribution >= 0.6 is 0 Å². The van der Waals surface area contributed by atoms with Crippen molar-refractivity contribution >= 4 is 15.7 Å². The lowest BCUT2D eigenvalue weighted by molar-refractivity contribution is 0.601. The van der Waals surface area contributed by atoms with E-state index in [1.807, 2.05) is 6.07 Å². The smallest absolute Gasteiger partial charge is 0.261 e. The molecule has 2 rings (SSSR count). The molecule has 0 atom stereocenters. The van der Waals surface area contributed by atoms with Crippen molar-refractivity contribution in [2.45, 2.75) is 18.7 Å². The van der Waals surface area contributed by atoms with Crippen LogP contribution in [0.4, 0.5) is 10.1 Å². The Hall–Kier alpha value is -2.39. The quantitative estimate of drug-likeness (QED) is 0.947. The molecule has 0 aliphatic heterocycles. The molecule has 0 saturated heterocycles. The van der Waals surface area contributed by atoms with E-state index >= 15 is 0 Å². The number of hydrogen-bond acceptors (Lipinski definition) is 3. The summed E-state index contributed by atoms with van der Waals surface area (Å²) in [5, 5.41) is 8.85. The molecule has 0 bridgehead atoms. The summed E-state index contributed by atoms with van der Waals surface area (Å²) in [7, 11) is -3.82. The molecule has 0 aliphatic rings. The molecule has 108 valence electrons. The Balaban J connectivity index is 2.39. The van der Waals surface area contributed by atoms with Crippen LogP contribution < -0.4 is 4.72 Å². The first-order chi connectivity index (χ1) is 9.81. The zero-order chi connectivity index (χ0) is 15.6. The number of rotatable bonds is 3. The van der Waals surface area contributed by atoms with Crippen LogP contribution in [0.1, 0.15) is 16.7 Å². The van der Waals surface area contributed by atoms with Gasteiger partial charge in [0.25, 0.3) is 10.0 Å². The molecular formula is C15H13FN2O2S. The SMILES string of the molecule is Cc1cc(F)cc(NS(=O)(=O)c2ccc(C#N)c(C)c2)c1. The maximum Gasteiger partial charge on any atom is 0.261 e. The summed E-state index contributed by atoms with van der Waals surface area (Å²) >= 11 is 0. The number of sulfonamides is 1. The first kappa shape index (κ1) is 15.0. The van der Waals surface area contributed by atoms with Crippen molar-refractivity contribution in [3.05, 3.63) is 58.9 Å². The monoisotopic (exact) mass is 304 g/mol. The van der Waals surface area contributed by atoms with Crippen molar-refractivity contribution < 1.29 is 12.8 Å². The third-order valence-electron chi connectivity index (χ3n) is 2.92. The summed E-state index contributed by atoms with van der Waals surface area (Å²) in [6.45, 7) is 3.33. The molecule has 1 N–H and O–H groups in total. The van der Waals surface area contributed by atoms with Crippen molar-refractivity contribution in [1.29, 1.82) is 5.26 Å². The lowest BCUT2D eigenvalue weighted by Gasteiger charge is -2.10. The molecule has 0 radical (unpaired) electrons. The first-order valence-electron chi connectivity index (χ1n) is 6.12. The van der Waals surface area contributed by atoms with Gasteiger partial charge in [0.15, 0.2) is 0 Å². The van der Waals surface area contributed by atoms with E-state index < -0.39 is 15.8 Å². The summed E-state index contributed by atoms with van der Waals surface area (Å²) < 4.78 is 40.1. The standard InChI is InChI=1S/C15H13FN2O2S/c1-10-5-13(16)8-14(6-10)18-21(19,20)15-4-3-12(9-17)11(2)7-15/h3-8,18H,1-2H3. The van der Waals surface area contributed by atoms with Crippen LogP contribution in [0, 0.1) is 31.0 Å². The molecule has 21 heavy (non-hydrogen) atoms. The molecule has 0 fully saturated rings. The maximum atomic E-state index is 13.3. The average molecular weight is 304 g/mol. The van der Waals surface area contributed by atoms with E-state index in [2.05, 4.69) is 4.72 Å². The second-order valence-electron chi connectivity index (χ2n) is 4.71. The van der Waals surface area contributed by atoms with Gasteiger partial charge in [0, 0.05) is 0 Å². The van der Waals surface area contributed by atoms with E-state index in [4.69, 9.17) is 5.26 Å². The fourth-order valence-corrected chi connectivity index (χ4v) is 3.06. The van der Waals surface area contributed by atoms with Crippen molar-refractivity contribution in [1.82, 2.24) is 0 Å². The highest BCUT2D eigenvalue weighted by Crippen LogP contribution is 2.20. The Morgan fingerprint density at radius 1 is 1.14 bits per heavy atom. The van der Waals surface area contributed by atoms with Crippen LogP contribution in [0.25, 0.3) is 0 Å². The van der Waals surface area contributed by atoms with Gasteiger partial charge in [-0.1, -0.05) is 0 Å². The molecule has 4 nitrogen and oxygen atoms in total. The first-order valence-corrected chi connectivity index (χ1v) is 7.61. The van der Waals surface area contributed by atoms with Crippen LogP contribution in [-0.4, -0.2) is 8.42 Å². The Kier molecular flexibility index (Phi) is 3.96. The van der Waals surface area contributed by atoms with Crippen LogP contribution in [0.3, 0.4) is 0 Å². The van der Waals surface area contributed by atoms with Gasteiger partial charge in [-0.2, -0.15) is 5.26 Å². The van der Waals surface area contributed by atoms with Gasteiger partial charge in [0.2, 0.25) is 0 Å². The predicted octanol–water partition coefficient (Wildman–Crippen LogP) is 3.12. The van der Waals surface area contributed by atoms with E-state index in [-0.39, 0.29) is 10.6 Å². The number of nitriles is 1. The number of hydrogen-bond donors (Lipinski definition) is 1. The fourth-order valence-electron chi connectivity index (χ4n) is 1.94. The highest BCUT2D eigenvalue weighted by Gasteiger charge is 2.16. The summed E-state index contributed by atoms with van der Waals surface area (Å²) in [6.07, 6.45) is 0. The fraction of sp³-hybridized carbons (Fsp3) is 0.133. The summed E-state index contributed by atoms with van der Waals surface area (Å²) in [5.74, 6) is -0.510. The van der Waals surface area contributed by atoms with Gasteiger partial charge < -0.3 is 0 Å². The molecule has 6 heteroatoms. The second-order valence-corrected chi connectivity index (χ2v) is 6.39. The van der Waals surface area contributed by atoms with Crippen LogP contribution in [0.15, 0.2) is 41.3 Å². The van der Waals surface area contributed by atoms with Crippen molar-refractivity contribution in [3.8, 4) is 6.07 Å². The Morgan fingerprint density at radius 3 is 2.43 bits per heavy atom. The van der Waals surface area contributed by atoms with Gasteiger partial charge >= 0.3 is 0 Å². The Bertz CT molecular complexity index is 819. The number of benzene rings is 2. The number of nitrogens with zero attached hydrogens (tertiary/aromatic N) is 1. The van der Waals surface area contributed by atoms with E-state index in [1.165, 1.54) is 30.3 Å². The minimum atomic E-state index is -3.82. The van der Waals surface area contributed by atoms with Gasteiger partial charge in [-0.05, 0) is 61.4 Å². The number of halogens is 1. The van der Waals surface area contributed by atoms with Gasteiger partial charge in [0.05, 0.1) is 22.2 Å². The lowest BCUT2D eigenvalue weighted by atomic mass is 10.1. The van der Waals surface area contributed by atoms with Crippen LogP contribution in [-0.2, 0) is 10.0 Å². The van der Waals surface area contributed by atoms with Crippen LogP contribution in [0.2, 0.25) is 0 Å². The van der Waals surface area contributed by atoms with E-state index in [1.54, 1.807) is 13.8 Å². The minimum Gasteiger partial charge on any atom is -0.280 e. The average Bonchev–Trinajstić information content (AvgIpc) is 2.36. The van der Waals surface area contributed by atoms with Gasteiger partial charge in [-0.25, -0.2) is 12.8 Å². The van der Waals surface area contributed by atoms with E-state index in [0.717, 1.165) is 6.07 Å². The van der Waals surface area contributed by atoms with Gasteiger partial charge in [0.1, 0.15) is 5.82 Å². The third kappa shape index (κ3) is 3.38. The topological polar surface area (TPSA) is 70.0 Å². The second kappa shape index (κ2) is 5.54. The van der Waals surface area contributed by atoms with E-state index in [9.17, 15) is 12.8 Å². The Morgan fingerprint density at radius 2 is 1.86 bits per heavy atom. The molecule has 0 spiro atoms. The molecular weight excluding hydrogens is 291 g/mol. The lowest BCUT2D eigenvalue weighted by Crippen LogP contribution is -2.13. The molecule has 0 unspecified atom stereocenters. The van der Waals surface area contributed by atoms with Gasteiger partial charge in [-0.3, -0.25) is 4.72 Å². The van der Waals surface area contributed by atoms with E-state index in [0.29, 0.717) is 16.7 Å². The minimum absolute atomic E-state index is 0.0286. The molecule has 0 aromatic heterocycles. The number of anilines is 1. The molecule has 0 heterocycles. The molecule has 0 amide bonds. The molecule has 0 aliphatic carbocycles. The summed E-state index contributed by atoms with van der Waals surface area (Å²) in [6, 6.07) is 10.1. The zero-order valence-corrected chi connectivity index (χ0v) is 12.3. The van der Waals surface area contributed by atoms with Crippen molar-refractivity contribution in [2.75, 3.05) is 4.72 Å². The highest BCUT2D eigenvalue weighted by molar-refractivity contribution is 7.92.